The molecule has 2 aliphatic heterocycles. The second-order valence-electron chi connectivity index (χ2n) is 5.47. The minimum absolute atomic E-state index is 0.0438. The summed E-state index contributed by atoms with van der Waals surface area (Å²) in [6.07, 6.45) is 5.33. The molecule has 0 aliphatic carbocycles. The van der Waals surface area contributed by atoms with Crippen molar-refractivity contribution in [2.75, 3.05) is 13.1 Å². The van der Waals surface area contributed by atoms with Gasteiger partial charge in [0.05, 0.1) is 6.04 Å². The summed E-state index contributed by atoms with van der Waals surface area (Å²) in [5.74, 6) is -1.31. The minimum Gasteiger partial charge on any atom is -0.477 e. The fraction of sp³-hybridized carbons (Fsp3) is 0.615. The van der Waals surface area contributed by atoms with Gasteiger partial charge in [0.1, 0.15) is 5.56 Å². The number of rotatable bonds is 2. The molecular weight excluding hydrogens is 262 g/mol. The molecule has 0 spiro atoms. The van der Waals surface area contributed by atoms with Crippen molar-refractivity contribution in [3.8, 4) is 0 Å². The van der Waals surface area contributed by atoms with Gasteiger partial charge in [0.25, 0.3) is 5.56 Å². The van der Waals surface area contributed by atoms with Crippen LogP contribution in [0.1, 0.15) is 42.1 Å². The van der Waals surface area contributed by atoms with E-state index in [1.807, 2.05) is 0 Å². The molecule has 2 unspecified atom stereocenters. The zero-order valence-corrected chi connectivity index (χ0v) is 11.0. The normalized spacial score (nSPS) is 26.4. The zero-order valence-electron chi connectivity index (χ0n) is 11.0. The van der Waals surface area contributed by atoms with Crippen LogP contribution in [0, 0.1) is 0 Å². The highest BCUT2D eigenvalue weighted by atomic mass is 16.4. The van der Waals surface area contributed by atoms with Crippen molar-refractivity contribution in [2.24, 2.45) is 0 Å². The van der Waals surface area contributed by atoms with Crippen molar-refractivity contribution < 1.29 is 9.90 Å². The van der Waals surface area contributed by atoms with Crippen LogP contribution in [0.15, 0.2) is 15.8 Å². The number of carboxylic acid groups (broad SMARTS) is 1. The molecule has 0 radical (unpaired) electrons. The van der Waals surface area contributed by atoms with Crippen molar-refractivity contribution in [1.82, 2.24) is 14.5 Å². The second-order valence-corrected chi connectivity index (χ2v) is 5.47. The molecule has 0 aromatic carbocycles. The Balaban J connectivity index is 2.02. The molecular formula is C13H17N3O4. The highest BCUT2D eigenvalue weighted by Gasteiger charge is 2.37. The monoisotopic (exact) mass is 279 g/mol. The molecule has 0 amide bonds. The van der Waals surface area contributed by atoms with Crippen LogP contribution in [-0.4, -0.2) is 44.7 Å². The van der Waals surface area contributed by atoms with Gasteiger partial charge in [-0.2, -0.15) is 0 Å². The molecule has 1 aromatic rings. The van der Waals surface area contributed by atoms with Gasteiger partial charge in [-0.1, -0.05) is 6.42 Å². The fourth-order valence-corrected chi connectivity index (χ4v) is 3.43. The standard InChI is InChI=1S/C13H17N3O4/c17-11-8(12(18)19)7-16(13(20)14-11)10-4-6-15-5-2-1-3-9(10)15/h7,9-10H,1-6H2,(H,18,19)(H,14,17,20). The molecule has 20 heavy (non-hydrogen) atoms. The highest BCUT2D eigenvalue weighted by molar-refractivity contribution is 5.86. The van der Waals surface area contributed by atoms with Gasteiger partial charge in [0.2, 0.25) is 0 Å². The number of aromatic amines is 1. The molecule has 2 N–H and O–H groups in total. The lowest BCUT2D eigenvalue weighted by atomic mass is 9.99. The molecule has 7 nitrogen and oxygen atoms in total. The Morgan fingerprint density at radius 3 is 2.75 bits per heavy atom. The van der Waals surface area contributed by atoms with Gasteiger partial charge < -0.3 is 5.11 Å². The van der Waals surface area contributed by atoms with Crippen LogP contribution in [0.25, 0.3) is 0 Å². The molecule has 2 fully saturated rings. The first-order valence-corrected chi connectivity index (χ1v) is 6.91. The number of carboxylic acids is 1. The molecule has 1 aromatic heterocycles. The van der Waals surface area contributed by atoms with E-state index in [4.69, 9.17) is 5.11 Å². The van der Waals surface area contributed by atoms with E-state index >= 15 is 0 Å². The summed E-state index contributed by atoms with van der Waals surface area (Å²) < 4.78 is 1.40. The maximum atomic E-state index is 12.0. The van der Waals surface area contributed by atoms with Gasteiger partial charge in [-0.05, 0) is 25.8 Å². The van der Waals surface area contributed by atoms with Crippen LogP contribution in [0.5, 0.6) is 0 Å². The number of nitrogens with zero attached hydrogens (tertiary/aromatic N) is 2. The van der Waals surface area contributed by atoms with E-state index in [2.05, 4.69) is 9.88 Å². The zero-order chi connectivity index (χ0) is 14.3. The Labute approximate surface area is 114 Å². The number of hydrogen-bond acceptors (Lipinski definition) is 4. The topological polar surface area (TPSA) is 95.4 Å². The van der Waals surface area contributed by atoms with Crippen molar-refractivity contribution in [3.63, 3.8) is 0 Å². The maximum Gasteiger partial charge on any atom is 0.342 e. The van der Waals surface area contributed by atoms with Gasteiger partial charge in [0, 0.05) is 18.8 Å². The Morgan fingerprint density at radius 1 is 1.20 bits per heavy atom. The molecule has 3 heterocycles. The van der Waals surface area contributed by atoms with E-state index in [1.54, 1.807) is 0 Å². The lowest BCUT2D eigenvalue weighted by Crippen LogP contribution is -2.42. The highest BCUT2D eigenvalue weighted by Crippen LogP contribution is 2.34. The number of piperidine rings is 1. The molecule has 3 rings (SSSR count). The first kappa shape index (κ1) is 13.1. The molecule has 2 aliphatic rings. The van der Waals surface area contributed by atoms with Crippen molar-refractivity contribution >= 4 is 5.97 Å². The van der Waals surface area contributed by atoms with Crippen molar-refractivity contribution in [2.45, 2.75) is 37.8 Å². The summed E-state index contributed by atoms with van der Waals surface area (Å²) in [6.45, 7) is 1.95. The van der Waals surface area contributed by atoms with Crippen LogP contribution < -0.4 is 11.2 Å². The van der Waals surface area contributed by atoms with Gasteiger partial charge in [-0.3, -0.25) is 19.2 Å². The Hall–Kier alpha value is -1.89. The van der Waals surface area contributed by atoms with E-state index in [1.165, 1.54) is 17.2 Å². The number of aromatic nitrogens is 2. The predicted molar refractivity (Wildman–Crippen MR) is 71.1 cm³/mol. The summed E-state index contributed by atoms with van der Waals surface area (Å²) in [5, 5.41) is 9.01. The largest absolute Gasteiger partial charge is 0.477 e. The van der Waals surface area contributed by atoms with Crippen molar-refractivity contribution in [3.05, 3.63) is 32.6 Å². The van der Waals surface area contributed by atoms with Crippen LogP contribution in [0.3, 0.4) is 0 Å². The van der Waals surface area contributed by atoms with E-state index in [-0.39, 0.29) is 17.6 Å². The fourth-order valence-electron chi connectivity index (χ4n) is 3.43. The number of fused-ring (bicyclic) bond motifs is 1. The number of aromatic carboxylic acids is 1. The Kier molecular flexibility index (Phi) is 3.21. The molecule has 2 atom stereocenters. The summed E-state index contributed by atoms with van der Waals surface area (Å²) in [7, 11) is 0. The summed E-state index contributed by atoms with van der Waals surface area (Å²) in [6, 6.07) is 0.228. The van der Waals surface area contributed by atoms with E-state index < -0.39 is 17.2 Å². The van der Waals surface area contributed by atoms with E-state index in [0.717, 1.165) is 32.4 Å². The lowest BCUT2D eigenvalue weighted by molar-refractivity contribution is 0.0693. The van der Waals surface area contributed by atoms with E-state index in [9.17, 15) is 14.4 Å². The maximum absolute atomic E-state index is 12.0. The van der Waals surface area contributed by atoms with Crippen LogP contribution in [0.4, 0.5) is 0 Å². The lowest BCUT2D eigenvalue weighted by Gasteiger charge is -2.32. The molecule has 0 saturated carbocycles. The Bertz CT molecular complexity index is 648. The molecule has 7 heteroatoms. The van der Waals surface area contributed by atoms with Crippen LogP contribution in [-0.2, 0) is 0 Å². The van der Waals surface area contributed by atoms with Gasteiger partial charge in [0.15, 0.2) is 0 Å². The van der Waals surface area contributed by atoms with Gasteiger partial charge in [-0.25, -0.2) is 9.59 Å². The van der Waals surface area contributed by atoms with E-state index in [0.29, 0.717) is 0 Å². The SMILES string of the molecule is O=C(O)c1cn(C2CCN3CCCCC23)c(=O)[nH]c1=O. The quantitative estimate of drug-likeness (QED) is 0.796. The molecule has 2 saturated heterocycles. The van der Waals surface area contributed by atoms with Crippen LogP contribution >= 0.6 is 0 Å². The summed E-state index contributed by atoms with van der Waals surface area (Å²) >= 11 is 0. The number of nitrogens with one attached hydrogen (secondary N) is 1. The smallest absolute Gasteiger partial charge is 0.342 e. The second kappa shape index (κ2) is 4.90. The van der Waals surface area contributed by atoms with Gasteiger partial charge in [-0.15, -0.1) is 0 Å². The Morgan fingerprint density at radius 2 is 2.00 bits per heavy atom. The molecule has 0 bridgehead atoms. The average Bonchev–Trinajstić information content (AvgIpc) is 2.82. The van der Waals surface area contributed by atoms with Crippen LogP contribution in [0.2, 0.25) is 0 Å². The first-order chi connectivity index (χ1) is 9.58. The average molecular weight is 279 g/mol. The number of hydrogen-bond donors (Lipinski definition) is 2. The minimum atomic E-state index is -1.31. The van der Waals surface area contributed by atoms with Gasteiger partial charge >= 0.3 is 11.7 Å². The molecule has 108 valence electrons. The predicted octanol–water partition coefficient (Wildman–Crippen LogP) is 0.0341. The third kappa shape index (κ3) is 2.07. The summed E-state index contributed by atoms with van der Waals surface area (Å²) in [5.41, 5.74) is -1.73. The third-order valence-corrected chi connectivity index (χ3v) is 4.38. The third-order valence-electron chi connectivity index (χ3n) is 4.38. The van der Waals surface area contributed by atoms with Crippen molar-refractivity contribution in [1.29, 1.82) is 0 Å². The number of H-pyrrole nitrogens is 1. The first-order valence-electron chi connectivity index (χ1n) is 6.91. The number of carbonyl (C=O) groups is 1. The summed E-state index contributed by atoms with van der Waals surface area (Å²) in [4.78, 5) is 38.9.